The van der Waals surface area contributed by atoms with Gasteiger partial charge in [-0.3, -0.25) is 0 Å². The molecule has 1 unspecified atom stereocenters. The summed E-state index contributed by atoms with van der Waals surface area (Å²) in [6, 6.07) is 6.07. The average molecular weight is 300 g/mol. The highest BCUT2D eigenvalue weighted by molar-refractivity contribution is 9.10. The Bertz CT molecular complexity index is 364. The Morgan fingerprint density at radius 1 is 1.47 bits per heavy atom. The normalized spacial score (nSPS) is 19.5. The lowest BCUT2D eigenvalue weighted by Crippen LogP contribution is -2.12. The third-order valence-electron chi connectivity index (χ3n) is 2.94. The number of hydrogen-bond acceptors (Lipinski definition) is 3. The van der Waals surface area contributed by atoms with Crippen LogP contribution in [0.5, 0.6) is 5.75 Å². The van der Waals surface area contributed by atoms with Crippen LogP contribution in [-0.4, -0.2) is 26.4 Å². The Labute approximate surface area is 110 Å². The predicted molar refractivity (Wildman–Crippen MR) is 71.3 cm³/mol. The maximum atomic E-state index is 5.79. The minimum absolute atomic E-state index is 0.539. The van der Waals surface area contributed by atoms with E-state index in [2.05, 4.69) is 22.0 Å². The Morgan fingerprint density at radius 2 is 2.35 bits per heavy atom. The van der Waals surface area contributed by atoms with Crippen LogP contribution < -0.4 is 10.5 Å². The van der Waals surface area contributed by atoms with Crippen LogP contribution in [0.1, 0.15) is 12.0 Å². The summed E-state index contributed by atoms with van der Waals surface area (Å²) in [5, 5.41) is 0. The maximum absolute atomic E-state index is 5.79. The van der Waals surface area contributed by atoms with Crippen molar-refractivity contribution in [2.75, 3.05) is 26.4 Å². The lowest BCUT2D eigenvalue weighted by molar-refractivity contribution is 0.167. The molecule has 0 bridgehead atoms. The van der Waals surface area contributed by atoms with Crippen LogP contribution in [0.15, 0.2) is 22.7 Å². The molecule has 94 valence electrons. The van der Waals surface area contributed by atoms with Crippen molar-refractivity contribution in [3.05, 3.63) is 28.2 Å². The topological polar surface area (TPSA) is 44.5 Å². The summed E-state index contributed by atoms with van der Waals surface area (Å²) in [5.41, 5.74) is 6.78. The number of rotatable bonds is 5. The summed E-state index contributed by atoms with van der Waals surface area (Å²) in [5.74, 6) is 1.46. The zero-order chi connectivity index (χ0) is 12.1. The molecule has 3 nitrogen and oxygen atoms in total. The second-order valence-electron chi connectivity index (χ2n) is 4.33. The van der Waals surface area contributed by atoms with E-state index in [1.165, 1.54) is 5.56 Å². The van der Waals surface area contributed by atoms with E-state index in [9.17, 15) is 0 Å². The van der Waals surface area contributed by atoms with Crippen molar-refractivity contribution in [1.82, 2.24) is 0 Å². The highest BCUT2D eigenvalue weighted by atomic mass is 79.9. The number of ether oxygens (including phenoxy) is 2. The molecule has 0 aromatic heterocycles. The first-order valence-electron chi connectivity index (χ1n) is 5.98. The van der Waals surface area contributed by atoms with Gasteiger partial charge in [0, 0.05) is 17.0 Å². The van der Waals surface area contributed by atoms with Crippen molar-refractivity contribution in [3.63, 3.8) is 0 Å². The Hall–Kier alpha value is -0.580. The maximum Gasteiger partial charge on any atom is 0.119 e. The summed E-state index contributed by atoms with van der Waals surface area (Å²) >= 11 is 3.52. The number of hydrogen-bond donors (Lipinski definition) is 1. The summed E-state index contributed by atoms with van der Waals surface area (Å²) in [6.07, 6.45) is 1.97. The van der Waals surface area contributed by atoms with Crippen molar-refractivity contribution < 1.29 is 9.47 Å². The van der Waals surface area contributed by atoms with Crippen molar-refractivity contribution >= 4 is 15.9 Å². The third kappa shape index (κ3) is 3.69. The summed E-state index contributed by atoms with van der Waals surface area (Å²) in [6.45, 7) is 3.08. The smallest absolute Gasteiger partial charge is 0.119 e. The molecule has 2 N–H and O–H groups in total. The first-order valence-corrected chi connectivity index (χ1v) is 6.78. The lowest BCUT2D eigenvalue weighted by Gasteiger charge is -2.12. The van der Waals surface area contributed by atoms with E-state index in [1.54, 1.807) is 0 Å². The predicted octanol–water partition coefficient (Wildman–Crippen LogP) is 2.37. The molecule has 1 heterocycles. The minimum Gasteiger partial charge on any atom is -0.493 e. The molecule has 1 aromatic carbocycles. The molecule has 1 atom stereocenters. The molecule has 1 aromatic rings. The van der Waals surface area contributed by atoms with E-state index in [-0.39, 0.29) is 0 Å². The second-order valence-corrected chi connectivity index (χ2v) is 5.19. The molecule has 17 heavy (non-hydrogen) atoms. The van der Waals surface area contributed by atoms with Gasteiger partial charge >= 0.3 is 0 Å². The molecule has 1 saturated heterocycles. The largest absolute Gasteiger partial charge is 0.493 e. The first kappa shape index (κ1) is 12.9. The standard InChI is InChI=1S/C13H18BrNO2/c14-13-2-1-12(7-11(13)3-5-15)17-9-10-4-6-16-8-10/h1-2,7,10H,3-6,8-9,15H2. The Kier molecular flexibility index (Phi) is 4.83. The molecule has 2 rings (SSSR count). The van der Waals surface area contributed by atoms with E-state index in [0.29, 0.717) is 12.5 Å². The molecular formula is C13H18BrNO2. The van der Waals surface area contributed by atoms with Crippen molar-refractivity contribution in [2.24, 2.45) is 11.7 Å². The van der Waals surface area contributed by atoms with Gasteiger partial charge in [-0.2, -0.15) is 0 Å². The monoisotopic (exact) mass is 299 g/mol. The fourth-order valence-corrected chi connectivity index (χ4v) is 2.36. The van der Waals surface area contributed by atoms with Gasteiger partial charge < -0.3 is 15.2 Å². The Balaban J connectivity index is 1.93. The molecular weight excluding hydrogens is 282 g/mol. The molecule has 1 aliphatic rings. The van der Waals surface area contributed by atoms with Gasteiger partial charge in [0.2, 0.25) is 0 Å². The Morgan fingerprint density at radius 3 is 3.06 bits per heavy atom. The SMILES string of the molecule is NCCc1cc(OCC2CCOC2)ccc1Br. The lowest BCUT2D eigenvalue weighted by atomic mass is 10.1. The van der Waals surface area contributed by atoms with Gasteiger partial charge in [-0.25, -0.2) is 0 Å². The van der Waals surface area contributed by atoms with E-state index in [0.717, 1.165) is 42.9 Å². The summed E-state index contributed by atoms with van der Waals surface area (Å²) in [7, 11) is 0. The number of benzene rings is 1. The molecule has 0 amide bonds. The third-order valence-corrected chi connectivity index (χ3v) is 3.71. The van der Waals surface area contributed by atoms with Crippen LogP contribution in [0, 0.1) is 5.92 Å². The van der Waals surface area contributed by atoms with Gasteiger partial charge in [-0.05, 0) is 43.1 Å². The highest BCUT2D eigenvalue weighted by Crippen LogP contribution is 2.24. The van der Waals surface area contributed by atoms with Crippen molar-refractivity contribution in [2.45, 2.75) is 12.8 Å². The fourth-order valence-electron chi connectivity index (χ4n) is 1.92. The number of halogens is 1. The zero-order valence-corrected chi connectivity index (χ0v) is 11.4. The van der Waals surface area contributed by atoms with Crippen LogP contribution in [-0.2, 0) is 11.2 Å². The van der Waals surface area contributed by atoms with Gasteiger partial charge in [0.05, 0.1) is 13.2 Å². The van der Waals surface area contributed by atoms with Crippen molar-refractivity contribution in [1.29, 1.82) is 0 Å². The fraction of sp³-hybridized carbons (Fsp3) is 0.538. The average Bonchev–Trinajstić information content (AvgIpc) is 2.83. The summed E-state index contributed by atoms with van der Waals surface area (Å²) in [4.78, 5) is 0. The van der Waals surface area contributed by atoms with Gasteiger partial charge in [-0.1, -0.05) is 15.9 Å². The molecule has 0 aliphatic carbocycles. The van der Waals surface area contributed by atoms with Crippen LogP contribution in [0.3, 0.4) is 0 Å². The van der Waals surface area contributed by atoms with Gasteiger partial charge in [0.1, 0.15) is 5.75 Å². The quantitative estimate of drug-likeness (QED) is 0.908. The van der Waals surface area contributed by atoms with Crippen LogP contribution in [0.2, 0.25) is 0 Å². The summed E-state index contributed by atoms with van der Waals surface area (Å²) < 4.78 is 12.2. The molecule has 1 fully saturated rings. The van der Waals surface area contributed by atoms with Crippen LogP contribution >= 0.6 is 15.9 Å². The molecule has 0 spiro atoms. The first-order chi connectivity index (χ1) is 8.29. The van der Waals surface area contributed by atoms with E-state index in [4.69, 9.17) is 15.2 Å². The minimum atomic E-state index is 0.539. The van der Waals surface area contributed by atoms with Gasteiger partial charge in [0.15, 0.2) is 0 Å². The van der Waals surface area contributed by atoms with Gasteiger partial charge in [-0.15, -0.1) is 0 Å². The molecule has 0 saturated carbocycles. The molecule has 0 radical (unpaired) electrons. The van der Waals surface area contributed by atoms with Crippen molar-refractivity contribution in [3.8, 4) is 5.75 Å². The van der Waals surface area contributed by atoms with E-state index >= 15 is 0 Å². The molecule has 4 heteroatoms. The second kappa shape index (κ2) is 6.38. The van der Waals surface area contributed by atoms with Crippen LogP contribution in [0.4, 0.5) is 0 Å². The van der Waals surface area contributed by atoms with Crippen LogP contribution in [0.25, 0.3) is 0 Å². The van der Waals surface area contributed by atoms with E-state index < -0.39 is 0 Å². The zero-order valence-electron chi connectivity index (χ0n) is 9.82. The van der Waals surface area contributed by atoms with Gasteiger partial charge in [0.25, 0.3) is 0 Å². The molecule has 1 aliphatic heterocycles. The highest BCUT2D eigenvalue weighted by Gasteiger charge is 2.16. The number of nitrogens with two attached hydrogens (primary N) is 1. The van der Waals surface area contributed by atoms with E-state index in [1.807, 2.05) is 12.1 Å².